The molecule has 0 unspecified atom stereocenters. The highest BCUT2D eigenvalue weighted by atomic mass is 33.1. The molecule has 5 N–H and O–H groups in total. The van der Waals surface area contributed by atoms with Crippen molar-refractivity contribution < 1.29 is 11.0 Å². The first kappa shape index (κ1) is 18.6. The van der Waals surface area contributed by atoms with Gasteiger partial charge in [-0.2, -0.15) is 0 Å². The van der Waals surface area contributed by atoms with Gasteiger partial charge in [-0.15, -0.1) is 0 Å². The molecule has 0 aromatic carbocycles. The maximum atomic E-state index is 12.3. The molecule has 0 aliphatic carbocycles. The van der Waals surface area contributed by atoms with E-state index >= 15 is 0 Å². The summed E-state index contributed by atoms with van der Waals surface area (Å²) in [6.07, 6.45) is 5.05. The number of pyridine rings is 1. The minimum absolute atomic E-state index is 0.0874. The fraction of sp³-hybridized carbons (Fsp3) is 0.400. The summed E-state index contributed by atoms with van der Waals surface area (Å²) in [7, 11) is 4.73. The third-order valence-electron chi connectivity index (χ3n) is 2.94. The smallest absolute Gasteiger partial charge is 0.241 e. The summed E-state index contributed by atoms with van der Waals surface area (Å²) < 4.78 is 6.95. The topological polar surface area (TPSA) is 109 Å². The molecule has 0 fully saturated rings. The van der Waals surface area contributed by atoms with E-state index in [4.69, 9.17) is 1.41 Å². The van der Waals surface area contributed by atoms with Crippen molar-refractivity contribution in [1.82, 2.24) is 20.9 Å². The van der Waals surface area contributed by atoms with Gasteiger partial charge in [-0.05, 0) is 43.1 Å². The van der Waals surface area contributed by atoms with E-state index in [1.54, 1.807) is 32.4 Å². The number of primary amides is 1. The lowest BCUT2D eigenvalue weighted by Crippen LogP contribution is -2.51. The number of amides is 2. The minimum Gasteiger partial charge on any atom is -0.379 e. The van der Waals surface area contributed by atoms with Gasteiger partial charge in [-0.1, -0.05) is 22.9 Å². The Morgan fingerprint density at radius 1 is 1.46 bits per heavy atom. The number of likely N-dealkylation sites (N-methyl/N-ethyl adjacent to an activating group) is 1. The molecule has 0 radical (unpaired) electrons. The molecule has 7 nitrogen and oxygen atoms in total. The van der Waals surface area contributed by atoms with E-state index in [0.29, 0.717) is 5.75 Å². The molecule has 132 valence electrons. The molecular formula is C15H23N5O2S2. The van der Waals surface area contributed by atoms with Crippen molar-refractivity contribution in [3.05, 3.63) is 36.7 Å². The van der Waals surface area contributed by atoms with Crippen molar-refractivity contribution in [3.8, 4) is 0 Å². The van der Waals surface area contributed by atoms with Gasteiger partial charge in [0.15, 0.2) is 1.41 Å². The number of nitrogens with two attached hydrogens (primary N) is 1. The van der Waals surface area contributed by atoms with Crippen LogP contribution in [-0.4, -0.2) is 48.2 Å². The highest BCUT2D eigenvalue weighted by Gasteiger charge is 2.20. The van der Waals surface area contributed by atoms with Crippen LogP contribution in [0.4, 0.5) is 0 Å². The number of hydrogen-bond acceptors (Lipinski definition) is 7. The van der Waals surface area contributed by atoms with Crippen molar-refractivity contribution in [2.24, 2.45) is 5.73 Å². The molecule has 1 heterocycles. The summed E-state index contributed by atoms with van der Waals surface area (Å²) in [5.41, 5.74) is 1.83. The summed E-state index contributed by atoms with van der Waals surface area (Å²) in [6, 6.07) is 4.56. The molecule has 9 heteroatoms. The monoisotopic (exact) mass is 371 g/mol. The second kappa shape index (κ2) is 11.8. The van der Waals surface area contributed by atoms with Crippen LogP contribution in [0.2, 0.25) is 1.41 Å². The first-order chi connectivity index (χ1) is 12.1. The zero-order chi connectivity index (χ0) is 18.5. The van der Waals surface area contributed by atoms with E-state index in [-0.39, 0.29) is 12.5 Å². The third kappa shape index (κ3) is 7.71. The summed E-state index contributed by atoms with van der Waals surface area (Å²) in [5, 5.41) is 9.40. The Hall–Kier alpha value is -1.71. The lowest BCUT2D eigenvalue weighted by Gasteiger charge is -2.18. The van der Waals surface area contributed by atoms with E-state index in [9.17, 15) is 9.59 Å². The van der Waals surface area contributed by atoms with Crippen LogP contribution in [0.15, 0.2) is 41.7 Å². The lowest BCUT2D eigenvalue weighted by molar-refractivity contribution is -0.123. The fourth-order valence-electron chi connectivity index (χ4n) is 1.61. The van der Waals surface area contributed by atoms with Gasteiger partial charge in [0.2, 0.25) is 11.8 Å². The molecule has 0 saturated carbocycles. The molecule has 2 amide bonds. The molecule has 1 aromatic rings. The molecule has 2 atom stereocenters. The van der Waals surface area contributed by atoms with E-state index in [1.807, 2.05) is 23.9 Å². The maximum Gasteiger partial charge on any atom is 0.241 e. The second-order valence-corrected chi connectivity index (χ2v) is 7.07. The van der Waals surface area contributed by atoms with Gasteiger partial charge in [0, 0.05) is 18.5 Å². The fourth-order valence-corrected chi connectivity index (χ4v) is 3.77. The number of allylic oxidation sites excluding steroid dienone is 1. The van der Waals surface area contributed by atoms with Crippen molar-refractivity contribution >= 4 is 33.4 Å². The Morgan fingerprint density at radius 2 is 2.29 bits per heavy atom. The molecule has 24 heavy (non-hydrogen) atoms. The number of nitrogens with zero attached hydrogens (tertiary/aromatic N) is 1. The average Bonchev–Trinajstić information content (AvgIpc) is 2.65. The van der Waals surface area contributed by atoms with Gasteiger partial charge in [0.05, 0.1) is 6.04 Å². The van der Waals surface area contributed by atoms with E-state index in [1.165, 1.54) is 21.6 Å². The molecule has 0 bridgehead atoms. The number of nitrogens with one attached hydrogen (secondary N) is 3. The first-order valence-corrected chi connectivity index (χ1v) is 9.68. The first-order valence-electron chi connectivity index (χ1n) is 7.86. The second-order valence-electron chi connectivity index (χ2n) is 4.71. The standard InChI is InChI=1S/C15H23N5O2S2/c1-3-7-18-11(14(16)21)9-20-15(22)12(17-2)10-23-24-13-6-4-5-8-19-13/h3-8,11-12,17-18H,9-10H2,1-2H3,(H2,16,21)(H,20,22)/t11-,12-/m0/s1/i/hT. The molecular weight excluding hydrogens is 346 g/mol. The number of carbonyl (C=O) groups excluding carboxylic acids is 2. The Labute approximate surface area is 151 Å². The van der Waals surface area contributed by atoms with E-state index in [2.05, 4.69) is 20.9 Å². The Morgan fingerprint density at radius 3 is 2.92 bits per heavy atom. The van der Waals surface area contributed by atoms with Crippen molar-refractivity contribution in [2.75, 3.05) is 19.3 Å². The van der Waals surface area contributed by atoms with Crippen LogP contribution < -0.4 is 21.7 Å². The predicted molar refractivity (Wildman–Crippen MR) is 99.3 cm³/mol. The molecule has 0 aliphatic rings. The molecule has 0 aliphatic heterocycles. The normalized spacial score (nSPS) is 13.8. The van der Waals surface area contributed by atoms with Crippen molar-refractivity contribution in [1.29, 1.82) is 0 Å². The molecule has 1 rings (SSSR count). The highest BCUT2D eigenvalue weighted by Crippen LogP contribution is 2.29. The maximum absolute atomic E-state index is 12.3. The van der Waals surface area contributed by atoms with E-state index in [0.717, 1.165) is 5.03 Å². The summed E-state index contributed by atoms with van der Waals surface area (Å²) >= 11 is 0. The van der Waals surface area contributed by atoms with Crippen LogP contribution in [0.3, 0.4) is 0 Å². The average molecular weight is 372 g/mol. The Kier molecular flexibility index (Phi) is 9.13. The van der Waals surface area contributed by atoms with Crippen LogP contribution in [-0.2, 0) is 9.59 Å². The molecule has 0 saturated heterocycles. The SMILES string of the molecule is [3H]NC(=O)[C@H](CNC(=O)[C@H](CSSc1ccccn1)NC)NC=CC. The summed E-state index contributed by atoms with van der Waals surface area (Å²) in [6.45, 7) is 1.89. The van der Waals surface area contributed by atoms with Crippen molar-refractivity contribution in [3.63, 3.8) is 0 Å². The minimum atomic E-state index is -0.703. The van der Waals surface area contributed by atoms with Crippen LogP contribution in [0.1, 0.15) is 6.92 Å². The van der Waals surface area contributed by atoms with Gasteiger partial charge < -0.3 is 21.7 Å². The largest absolute Gasteiger partial charge is 0.379 e. The van der Waals surface area contributed by atoms with Crippen molar-refractivity contribution in [2.45, 2.75) is 24.0 Å². The van der Waals surface area contributed by atoms with Gasteiger partial charge in [-0.25, -0.2) is 4.98 Å². The number of aromatic nitrogens is 1. The Bertz CT molecular complexity index is 562. The van der Waals surface area contributed by atoms with Crippen LogP contribution in [0.5, 0.6) is 0 Å². The summed E-state index contributed by atoms with van der Waals surface area (Å²) in [4.78, 5) is 28.1. The van der Waals surface area contributed by atoms with Gasteiger partial charge in [0.25, 0.3) is 0 Å². The number of rotatable bonds is 11. The van der Waals surface area contributed by atoms with Gasteiger partial charge in [-0.3, -0.25) is 9.59 Å². The summed E-state index contributed by atoms with van der Waals surface area (Å²) in [5.74, 6) is -0.178. The Balaban J connectivity index is 2.44. The van der Waals surface area contributed by atoms with Crippen LogP contribution in [0, 0.1) is 0 Å². The molecule has 1 aromatic heterocycles. The van der Waals surface area contributed by atoms with Crippen LogP contribution in [0.25, 0.3) is 0 Å². The zero-order valence-corrected chi connectivity index (χ0v) is 15.2. The number of carbonyl (C=O) groups is 2. The van der Waals surface area contributed by atoms with E-state index < -0.39 is 18.0 Å². The number of hydrogen-bond donors (Lipinski definition) is 4. The quantitative estimate of drug-likeness (QED) is 0.420. The zero-order valence-electron chi connectivity index (χ0n) is 14.6. The lowest BCUT2D eigenvalue weighted by atomic mass is 10.2. The predicted octanol–water partition coefficient (Wildman–Crippen LogP) is 0.503. The molecule has 0 spiro atoms. The van der Waals surface area contributed by atoms with Gasteiger partial charge in [0.1, 0.15) is 11.1 Å². The van der Waals surface area contributed by atoms with Crippen LogP contribution >= 0.6 is 21.6 Å². The third-order valence-corrected chi connectivity index (χ3v) is 5.22. The highest BCUT2D eigenvalue weighted by molar-refractivity contribution is 8.76. The van der Waals surface area contributed by atoms with Gasteiger partial charge >= 0.3 is 0 Å².